The van der Waals surface area contributed by atoms with Crippen LogP contribution in [0, 0.1) is 0 Å². The van der Waals surface area contributed by atoms with E-state index >= 15 is 0 Å². The lowest BCUT2D eigenvalue weighted by molar-refractivity contribution is -0.139. The van der Waals surface area contributed by atoms with E-state index in [-0.39, 0.29) is 6.42 Å². The molecule has 0 aliphatic heterocycles. The second-order valence-corrected chi connectivity index (χ2v) is 5.00. The molecule has 1 amide bonds. The van der Waals surface area contributed by atoms with E-state index in [0.717, 1.165) is 5.56 Å². The maximum absolute atomic E-state index is 12.0. The first-order valence-electron chi connectivity index (χ1n) is 6.39. The summed E-state index contributed by atoms with van der Waals surface area (Å²) in [5, 5.41) is 12.4. The summed E-state index contributed by atoms with van der Waals surface area (Å²) in [5.74, 6) is -1.48. The zero-order chi connectivity index (χ0) is 15.2. The fraction of sp³-hybridized carbons (Fsp3) is 0.125. The van der Waals surface area contributed by atoms with Crippen molar-refractivity contribution in [2.24, 2.45) is 0 Å². The van der Waals surface area contributed by atoms with Gasteiger partial charge in [0.1, 0.15) is 6.04 Å². The maximum atomic E-state index is 12.0. The van der Waals surface area contributed by atoms with Gasteiger partial charge < -0.3 is 10.4 Å². The lowest BCUT2D eigenvalue weighted by Crippen LogP contribution is -2.42. The Morgan fingerprint density at radius 2 is 1.67 bits per heavy atom. The highest BCUT2D eigenvalue weighted by Crippen LogP contribution is 2.11. The Hall–Kier alpha value is -2.33. The van der Waals surface area contributed by atoms with Gasteiger partial charge in [0, 0.05) is 17.0 Å². The molecule has 2 aromatic rings. The number of amides is 1. The minimum Gasteiger partial charge on any atom is -0.480 e. The molecule has 0 saturated carbocycles. The van der Waals surface area contributed by atoms with Crippen molar-refractivity contribution < 1.29 is 14.7 Å². The van der Waals surface area contributed by atoms with Crippen molar-refractivity contribution in [2.45, 2.75) is 12.5 Å². The van der Waals surface area contributed by atoms with Crippen LogP contribution in [0.15, 0.2) is 54.6 Å². The number of rotatable bonds is 5. The monoisotopic (exact) mass is 303 g/mol. The van der Waals surface area contributed by atoms with Gasteiger partial charge in [0.15, 0.2) is 0 Å². The molecule has 0 aliphatic carbocycles. The molecule has 108 valence electrons. The van der Waals surface area contributed by atoms with Crippen LogP contribution in [0.3, 0.4) is 0 Å². The topological polar surface area (TPSA) is 66.4 Å². The van der Waals surface area contributed by atoms with Crippen molar-refractivity contribution in [3.05, 3.63) is 70.7 Å². The first kappa shape index (κ1) is 15.1. The van der Waals surface area contributed by atoms with Gasteiger partial charge in [-0.3, -0.25) is 4.79 Å². The third-order valence-corrected chi connectivity index (χ3v) is 3.24. The molecular formula is C16H14ClNO3. The summed E-state index contributed by atoms with van der Waals surface area (Å²) in [6, 6.07) is 14.4. The number of nitrogens with one attached hydrogen (secondary N) is 1. The van der Waals surface area contributed by atoms with E-state index in [0.29, 0.717) is 10.6 Å². The van der Waals surface area contributed by atoms with Crippen LogP contribution in [-0.4, -0.2) is 23.0 Å². The second-order valence-electron chi connectivity index (χ2n) is 4.56. The summed E-state index contributed by atoms with van der Waals surface area (Å²) in [6.45, 7) is 0. The Balaban J connectivity index is 2.07. The number of benzene rings is 2. The lowest BCUT2D eigenvalue weighted by Gasteiger charge is -2.14. The predicted molar refractivity (Wildman–Crippen MR) is 80.5 cm³/mol. The largest absolute Gasteiger partial charge is 0.480 e. The van der Waals surface area contributed by atoms with E-state index in [9.17, 15) is 14.7 Å². The molecule has 0 heterocycles. The molecule has 0 aliphatic rings. The SMILES string of the molecule is O=C(N[C@H](Cc1ccc(Cl)cc1)C(=O)O)c1ccccc1. The Morgan fingerprint density at radius 3 is 2.24 bits per heavy atom. The average molecular weight is 304 g/mol. The van der Waals surface area contributed by atoms with Gasteiger partial charge in [-0.2, -0.15) is 0 Å². The lowest BCUT2D eigenvalue weighted by atomic mass is 10.1. The third-order valence-electron chi connectivity index (χ3n) is 2.99. The van der Waals surface area contributed by atoms with E-state index in [1.807, 2.05) is 0 Å². The Morgan fingerprint density at radius 1 is 1.05 bits per heavy atom. The Labute approximate surface area is 127 Å². The van der Waals surface area contributed by atoms with Gasteiger partial charge in [-0.05, 0) is 29.8 Å². The van der Waals surface area contributed by atoms with Gasteiger partial charge in [0.2, 0.25) is 0 Å². The molecule has 0 unspecified atom stereocenters. The number of hydrogen-bond acceptors (Lipinski definition) is 2. The molecular weight excluding hydrogens is 290 g/mol. The zero-order valence-corrected chi connectivity index (χ0v) is 11.9. The summed E-state index contributed by atoms with van der Waals surface area (Å²) in [6.07, 6.45) is 0.199. The molecule has 5 heteroatoms. The maximum Gasteiger partial charge on any atom is 0.326 e. The molecule has 4 nitrogen and oxygen atoms in total. The number of halogens is 1. The van der Waals surface area contributed by atoms with Crippen molar-refractivity contribution >= 4 is 23.5 Å². The fourth-order valence-electron chi connectivity index (χ4n) is 1.89. The minimum absolute atomic E-state index is 0.199. The van der Waals surface area contributed by atoms with Gasteiger partial charge in [-0.15, -0.1) is 0 Å². The Kier molecular flexibility index (Phi) is 4.95. The highest BCUT2D eigenvalue weighted by molar-refractivity contribution is 6.30. The van der Waals surface area contributed by atoms with Crippen LogP contribution >= 0.6 is 11.6 Å². The second kappa shape index (κ2) is 6.90. The summed E-state index contributed by atoms with van der Waals surface area (Å²) in [7, 11) is 0. The number of carbonyl (C=O) groups excluding carboxylic acids is 1. The average Bonchev–Trinajstić information content (AvgIpc) is 2.49. The third kappa shape index (κ3) is 4.33. The van der Waals surface area contributed by atoms with Crippen LogP contribution < -0.4 is 5.32 Å². The molecule has 0 bridgehead atoms. The normalized spacial score (nSPS) is 11.7. The van der Waals surface area contributed by atoms with Crippen molar-refractivity contribution in [2.75, 3.05) is 0 Å². The van der Waals surface area contributed by atoms with Gasteiger partial charge in [-0.25, -0.2) is 4.79 Å². The van der Waals surface area contributed by atoms with Gasteiger partial charge in [0.05, 0.1) is 0 Å². The Bertz CT molecular complexity index is 626. The van der Waals surface area contributed by atoms with Crippen LogP contribution in [0.1, 0.15) is 15.9 Å². The van der Waals surface area contributed by atoms with Crippen molar-refractivity contribution in [1.29, 1.82) is 0 Å². The molecule has 2 rings (SSSR count). The van der Waals surface area contributed by atoms with Crippen LogP contribution in [-0.2, 0) is 11.2 Å². The molecule has 2 N–H and O–H groups in total. The van der Waals surface area contributed by atoms with Gasteiger partial charge in [-0.1, -0.05) is 41.9 Å². The number of carboxylic acids is 1. The van der Waals surface area contributed by atoms with E-state index in [1.165, 1.54) is 0 Å². The number of hydrogen-bond donors (Lipinski definition) is 2. The predicted octanol–water partition coefficient (Wildman–Crippen LogP) is 2.77. The molecule has 0 spiro atoms. The summed E-state index contributed by atoms with van der Waals surface area (Å²) < 4.78 is 0. The van der Waals surface area contributed by atoms with Crippen LogP contribution in [0.5, 0.6) is 0 Å². The highest BCUT2D eigenvalue weighted by Gasteiger charge is 2.20. The van der Waals surface area contributed by atoms with Crippen molar-refractivity contribution in [3.8, 4) is 0 Å². The van der Waals surface area contributed by atoms with Gasteiger partial charge in [0.25, 0.3) is 5.91 Å². The molecule has 2 aromatic carbocycles. The van der Waals surface area contributed by atoms with Crippen molar-refractivity contribution in [3.63, 3.8) is 0 Å². The van der Waals surface area contributed by atoms with Gasteiger partial charge >= 0.3 is 5.97 Å². The zero-order valence-electron chi connectivity index (χ0n) is 11.1. The molecule has 0 fully saturated rings. The minimum atomic E-state index is -1.07. The number of aliphatic carboxylic acids is 1. The van der Waals surface area contributed by atoms with E-state index < -0.39 is 17.9 Å². The highest BCUT2D eigenvalue weighted by atomic mass is 35.5. The van der Waals surface area contributed by atoms with E-state index in [4.69, 9.17) is 11.6 Å². The van der Waals surface area contributed by atoms with E-state index in [2.05, 4.69) is 5.32 Å². The number of carbonyl (C=O) groups is 2. The first-order chi connectivity index (χ1) is 10.1. The summed E-state index contributed by atoms with van der Waals surface area (Å²) in [4.78, 5) is 23.3. The standard InChI is InChI=1S/C16H14ClNO3/c17-13-8-6-11(7-9-13)10-14(16(20)21)18-15(19)12-4-2-1-3-5-12/h1-9,14H,10H2,(H,18,19)(H,20,21)/t14-/m1/s1. The van der Waals surface area contributed by atoms with E-state index in [1.54, 1.807) is 54.6 Å². The molecule has 1 atom stereocenters. The smallest absolute Gasteiger partial charge is 0.326 e. The summed E-state index contributed by atoms with van der Waals surface area (Å²) in [5.41, 5.74) is 1.22. The number of carboxylic acid groups (broad SMARTS) is 1. The fourth-order valence-corrected chi connectivity index (χ4v) is 2.01. The van der Waals surface area contributed by atoms with Crippen molar-refractivity contribution in [1.82, 2.24) is 5.32 Å². The molecule has 0 saturated heterocycles. The first-order valence-corrected chi connectivity index (χ1v) is 6.77. The molecule has 0 aromatic heterocycles. The summed E-state index contributed by atoms with van der Waals surface area (Å²) >= 11 is 5.79. The van der Waals surface area contributed by atoms with Crippen LogP contribution in [0.25, 0.3) is 0 Å². The van der Waals surface area contributed by atoms with Crippen LogP contribution in [0.2, 0.25) is 5.02 Å². The van der Waals surface area contributed by atoms with Crippen LogP contribution in [0.4, 0.5) is 0 Å². The molecule has 21 heavy (non-hydrogen) atoms. The molecule has 0 radical (unpaired) electrons. The quantitative estimate of drug-likeness (QED) is 0.892.